The van der Waals surface area contributed by atoms with Crippen LogP contribution in [0.1, 0.15) is 32.6 Å². The molecular weight excluding hydrogens is 202 g/mol. The summed E-state index contributed by atoms with van der Waals surface area (Å²) in [7, 11) is 2.16. The lowest BCUT2D eigenvalue weighted by molar-refractivity contribution is -0.122. The molecule has 4 nitrogen and oxygen atoms in total. The van der Waals surface area contributed by atoms with Crippen LogP contribution < -0.4 is 10.6 Å². The van der Waals surface area contributed by atoms with Crippen molar-refractivity contribution in [1.82, 2.24) is 15.5 Å². The molecular formula is C12H23N3O. The van der Waals surface area contributed by atoms with Gasteiger partial charge in [0.2, 0.25) is 5.91 Å². The molecule has 1 amide bonds. The minimum atomic E-state index is -0.0606. The van der Waals surface area contributed by atoms with Crippen molar-refractivity contribution in [2.45, 2.75) is 50.7 Å². The number of carbonyl (C=O) groups excluding carboxylic acids is 1. The van der Waals surface area contributed by atoms with Gasteiger partial charge in [-0.3, -0.25) is 4.79 Å². The van der Waals surface area contributed by atoms with Gasteiger partial charge in [-0.2, -0.15) is 0 Å². The van der Waals surface area contributed by atoms with Crippen molar-refractivity contribution in [1.29, 1.82) is 0 Å². The predicted octanol–water partition coefficient (Wildman–Crippen LogP) is 0.337. The fourth-order valence-electron chi connectivity index (χ4n) is 2.20. The molecule has 0 spiro atoms. The van der Waals surface area contributed by atoms with Crippen molar-refractivity contribution in [2.75, 3.05) is 20.1 Å². The second kappa shape index (κ2) is 5.15. The molecule has 2 rings (SSSR count). The predicted molar refractivity (Wildman–Crippen MR) is 64.3 cm³/mol. The highest BCUT2D eigenvalue weighted by Gasteiger charge is 2.26. The van der Waals surface area contributed by atoms with Crippen molar-refractivity contribution in [3.8, 4) is 0 Å². The Hall–Kier alpha value is -0.610. The number of rotatable bonds is 5. The molecule has 0 radical (unpaired) electrons. The first-order valence-corrected chi connectivity index (χ1v) is 6.41. The highest BCUT2D eigenvalue weighted by atomic mass is 16.2. The summed E-state index contributed by atoms with van der Waals surface area (Å²) in [6.07, 6.45) is 4.85. The third kappa shape index (κ3) is 3.19. The average molecular weight is 225 g/mol. The molecule has 1 aliphatic carbocycles. The first kappa shape index (κ1) is 11.9. The van der Waals surface area contributed by atoms with E-state index in [1.165, 1.54) is 19.4 Å². The zero-order chi connectivity index (χ0) is 11.5. The van der Waals surface area contributed by atoms with Crippen LogP contribution in [-0.2, 0) is 4.79 Å². The van der Waals surface area contributed by atoms with Crippen LogP contribution in [-0.4, -0.2) is 49.1 Å². The van der Waals surface area contributed by atoms with Gasteiger partial charge in [0.25, 0.3) is 0 Å². The van der Waals surface area contributed by atoms with Crippen LogP contribution >= 0.6 is 0 Å². The lowest BCUT2D eigenvalue weighted by atomic mass is 10.2. The minimum absolute atomic E-state index is 0.0606. The summed E-state index contributed by atoms with van der Waals surface area (Å²) in [6.45, 7) is 4.07. The molecule has 0 aromatic heterocycles. The third-order valence-electron chi connectivity index (χ3n) is 3.65. The van der Waals surface area contributed by atoms with Gasteiger partial charge in [-0.05, 0) is 46.2 Å². The molecule has 2 atom stereocenters. The topological polar surface area (TPSA) is 44.4 Å². The van der Waals surface area contributed by atoms with Crippen LogP contribution in [0.5, 0.6) is 0 Å². The van der Waals surface area contributed by atoms with E-state index in [-0.39, 0.29) is 11.9 Å². The second-order valence-electron chi connectivity index (χ2n) is 5.19. The van der Waals surface area contributed by atoms with Crippen LogP contribution in [0.2, 0.25) is 0 Å². The quantitative estimate of drug-likeness (QED) is 0.709. The summed E-state index contributed by atoms with van der Waals surface area (Å²) in [4.78, 5) is 14.1. The van der Waals surface area contributed by atoms with Crippen molar-refractivity contribution >= 4 is 5.91 Å². The molecule has 1 saturated carbocycles. The lowest BCUT2D eigenvalue weighted by Crippen LogP contribution is -2.47. The van der Waals surface area contributed by atoms with Crippen LogP contribution in [0.4, 0.5) is 0 Å². The minimum Gasteiger partial charge on any atom is -0.352 e. The van der Waals surface area contributed by atoms with Gasteiger partial charge in [-0.15, -0.1) is 0 Å². The number of nitrogens with one attached hydrogen (secondary N) is 2. The van der Waals surface area contributed by atoms with E-state index in [9.17, 15) is 4.79 Å². The monoisotopic (exact) mass is 225 g/mol. The number of likely N-dealkylation sites (N-methyl/N-ethyl adjacent to an activating group) is 1. The molecule has 2 unspecified atom stereocenters. The lowest BCUT2D eigenvalue weighted by Gasteiger charge is -2.22. The summed E-state index contributed by atoms with van der Waals surface area (Å²) in [5.74, 6) is 0.156. The Morgan fingerprint density at radius 2 is 2.19 bits per heavy atom. The number of nitrogens with zero attached hydrogens (tertiary/aromatic N) is 1. The summed E-state index contributed by atoms with van der Waals surface area (Å²) < 4.78 is 0. The third-order valence-corrected chi connectivity index (χ3v) is 3.65. The fraction of sp³-hybridized carbons (Fsp3) is 0.917. The molecule has 2 N–H and O–H groups in total. The Balaban J connectivity index is 1.65. The smallest absolute Gasteiger partial charge is 0.237 e. The van der Waals surface area contributed by atoms with Gasteiger partial charge in [0.1, 0.15) is 0 Å². The second-order valence-corrected chi connectivity index (χ2v) is 5.19. The Labute approximate surface area is 97.8 Å². The Bertz CT molecular complexity index is 253. The van der Waals surface area contributed by atoms with Gasteiger partial charge in [-0.25, -0.2) is 0 Å². The molecule has 2 fully saturated rings. The fourth-order valence-corrected chi connectivity index (χ4v) is 2.20. The highest BCUT2D eigenvalue weighted by molar-refractivity contribution is 5.81. The maximum atomic E-state index is 11.7. The van der Waals surface area contributed by atoms with Crippen LogP contribution in [0.15, 0.2) is 0 Å². The molecule has 1 aliphatic heterocycles. The number of hydrogen-bond donors (Lipinski definition) is 2. The van der Waals surface area contributed by atoms with E-state index in [0.29, 0.717) is 12.1 Å². The average Bonchev–Trinajstić information content (AvgIpc) is 2.97. The first-order chi connectivity index (χ1) is 7.66. The standard InChI is InChI=1S/C12H23N3O/c1-9(12(16)14-10-5-6-10)13-8-11-4-3-7-15(11)2/h9-11,13H,3-8H2,1-2H3,(H,14,16). The van der Waals surface area contributed by atoms with Crippen molar-refractivity contribution in [3.05, 3.63) is 0 Å². The van der Waals surface area contributed by atoms with E-state index in [2.05, 4.69) is 22.6 Å². The van der Waals surface area contributed by atoms with E-state index in [1.54, 1.807) is 0 Å². The summed E-state index contributed by atoms with van der Waals surface area (Å²) in [5.41, 5.74) is 0. The molecule has 92 valence electrons. The molecule has 2 aliphatic rings. The Morgan fingerprint density at radius 1 is 1.44 bits per heavy atom. The van der Waals surface area contributed by atoms with Crippen molar-refractivity contribution in [2.24, 2.45) is 0 Å². The number of carbonyl (C=O) groups is 1. The normalized spacial score (nSPS) is 28.0. The molecule has 4 heteroatoms. The van der Waals surface area contributed by atoms with E-state index in [1.807, 2.05) is 6.92 Å². The molecule has 0 aromatic rings. The van der Waals surface area contributed by atoms with Gasteiger partial charge in [0.05, 0.1) is 6.04 Å². The number of amides is 1. The van der Waals surface area contributed by atoms with Crippen molar-refractivity contribution in [3.63, 3.8) is 0 Å². The van der Waals surface area contributed by atoms with Gasteiger partial charge in [-0.1, -0.05) is 0 Å². The maximum absolute atomic E-state index is 11.7. The number of hydrogen-bond acceptors (Lipinski definition) is 3. The van der Waals surface area contributed by atoms with Crippen molar-refractivity contribution < 1.29 is 4.79 Å². The van der Waals surface area contributed by atoms with E-state index in [0.717, 1.165) is 19.4 Å². The SMILES string of the molecule is CC(NCC1CCCN1C)C(=O)NC1CC1. The molecule has 16 heavy (non-hydrogen) atoms. The van der Waals surface area contributed by atoms with Gasteiger partial charge in [0.15, 0.2) is 0 Å². The van der Waals surface area contributed by atoms with Gasteiger partial charge >= 0.3 is 0 Å². The van der Waals surface area contributed by atoms with Gasteiger partial charge < -0.3 is 15.5 Å². The zero-order valence-corrected chi connectivity index (χ0v) is 10.3. The zero-order valence-electron chi connectivity index (χ0n) is 10.3. The van der Waals surface area contributed by atoms with Gasteiger partial charge in [0, 0.05) is 18.6 Å². The highest BCUT2D eigenvalue weighted by Crippen LogP contribution is 2.18. The van der Waals surface area contributed by atoms with Crippen LogP contribution in [0.25, 0.3) is 0 Å². The van der Waals surface area contributed by atoms with Crippen LogP contribution in [0.3, 0.4) is 0 Å². The molecule has 0 bridgehead atoms. The molecule has 1 heterocycles. The summed E-state index contributed by atoms with van der Waals surface area (Å²) in [6, 6.07) is 1.01. The summed E-state index contributed by atoms with van der Waals surface area (Å²) in [5, 5.41) is 6.36. The molecule has 0 aromatic carbocycles. The maximum Gasteiger partial charge on any atom is 0.237 e. The Morgan fingerprint density at radius 3 is 2.75 bits per heavy atom. The first-order valence-electron chi connectivity index (χ1n) is 6.41. The largest absolute Gasteiger partial charge is 0.352 e. The molecule has 1 saturated heterocycles. The van der Waals surface area contributed by atoms with E-state index < -0.39 is 0 Å². The Kier molecular flexibility index (Phi) is 3.82. The van der Waals surface area contributed by atoms with Crippen LogP contribution in [0, 0.1) is 0 Å². The number of likely N-dealkylation sites (tertiary alicyclic amines) is 1. The van der Waals surface area contributed by atoms with E-state index in [4.69, 9.17) is 0 Å². The summed E-state index contributed by atoms with van der Waals surface area (Å²) >= 11 is 0. The van der Waals surface area contributed by atoms with E-state index >= 15 is 0 Å².